The van der Waals surface area contributed by atoms with Crippen LogP contribution in [-0.2, 0) is 6.54 Å². The third-order valence-electron chi connectivity index (χ3n) is 9.06. The summed E-state index contributed by atoms with van der Waals surface area (Å²) in [5, 5.41) is 16.4. The third kappa shape index (κ3) is 6.12. The molecule has 7 rings (SSSR count). The number of amides is 1. The van der Waals surface area contributed by atoms with Crippen LogP contribution in [0.25, 0.3) is 16.6 Å². The van der Waals surface area contributed by atoms with E-state index in [0.717, 1.165) is 64.6 Å². The molecular weight excluding hydrogens is 578 g/mol. The predicted octanol–water partition coefficient (Wildman–Crippen LogP) is 6.43. The van der Waals surface area contributed by atoms with E-state index in [4.69, 9.17) is 19.6 Å². The van der Waals surface area contributed by atoms with Crippen molar-refractivity contribution in [1.82, 2.24) is 25.1 Å². The van der Waals surface area contributed by atoms with Crippen molar-refractivity contribution in [3.05, 3.63) is 95.4 Å². The minimum atomic E-state index is -0.196. The summed E-state index contributed by atoms with van der Waals surface area (Å²) in [4.78, 5) is 22.3. The van der Waals surface area contributed by atoms with E-state index < -0.39 is 0 Å². The van der Waals surface area contributed by atoms with Crippen LogP contribution >= 0.6 is 0 Å². The normalized spacial score (nSPS) is 17.9. The van der Waals surface area contributed by atoms with Crippen molar-refractivity contribution >= 4 is 28.4 Å². The maximum Gasteiger partial charge on any atom is 0.256 e. The van der Waals surface area contributed by atoms with E-state index in [1.54, 1.807) is 20.4 Å². The molecule has 0 spiro atoms. The highest BCUT2D eigenvalue weighted by molar-refractivity contribution is 6.04. The Labute approximate surface area is 268 Å². The van der Waals surface area contributed by atoms with Crippen LogP contribution in [0, 0.1) is 0 Å². The van der Waals surface area contributed by atoms with Gasteiger partial charge in [-0.2, -0.15) is 5.10 Å². The maximum absolute atomic E-state index is 13.2. The number of hydrogen-bond acceptors (Lipinski definition) is 8. The summed E-state index contributed by atoms with van der Waals surface area (Å²) >= 11 is 0. The van der Waals surface area contributed by atoms with Gasteiger partial charge >= 0.3 is 0 Å². The number of benzene rings is 2. The van der Waals surface area contributed by atoms with Gasteiger partial charge in [0.05, 0.1) is 25.6 Å². The molecule has 1 saturated carbocycles. The molecule has 10 heteroatoms. The lowest BCUT2D eigenvalue weighted by Gasteiger charge is -2.26. The van der Waals surface area contributed by atoms with Crippen molar-refractivity contribution in [2.45, 2.75) is 57.0 Å². The standard InChI is InChI=1S/C36H39N7O3/c1-22-4-5-27(21-39-22)33-30-15-17-38-35(40-20-26-10-13-29(45-2)19-31(26)46-3)34(30)43(42-33)28-11-8-24(9-12-28)36(44)41-32-18-25(14-16-37-32)23-6-7-23/h8-19,22-23,27,39H,4-7,20-21H2,1-3H3,(H,38,40)(H,37,41,44)/t22-,27+/m0/s1. The Bertz CT molecular complexity index is 1860. The average molecular weight is 618 g/mol. The minimum absolute atomic E-state index is 0.196. The number of methoxy groups -OCH3 is 2. The van der Waals surface area contributed by atoms with Gasteiger partial charge in [0.15, 0.2) is 5.82 Å². The minimum Gasteiger partial charge on any atom is -0.497 e. The van der Waals surface area contributed by atoms with Gasteiger partial charge in [0, 0.05) is 60.0 Å². The van der Waals surface area contributed by atoms with Crippen molar-refractivity contribution in [1.29, 1.82) is 0 Å². The molecule has 1 aliphatic heterocycles. The Hall–Kier alpha value is -4.96. The molecule has 3 aromatic heterocycles. The Morgan fingerprint density at radius 3 is 2.48 bits per heavy atom. The fraction of sp³-hybridized carbons (Fsp3) is 0.333. The van der Waals surface area contributed by atoms with Gasteiger partial charge in [-0.25, -0.2) is 14.6 Å². The molecule has 2 aromatic carbocycles. The second-order valence-electron chi connectivity index (χ2n) is 12.2. The molecule has 3 N–H and O–H groups in total. The quantitative estimate of drug-likeness (QED) is 0.164. The lowest BCUT2D eigenvalue weighted by atomic mass is 9.91. The maximum atomic E-state index is 13.2. The van der Waals surface area contributed by atoms with Gasteiger partial charge in [0.2, 0.25) is 0 Å². The zero-order valence-electron chi connectivity index (χ0n) is 26.4. The number of anilines is 2. The summed E-state index contributed by atoms with van der Waals surface area (Å²) < 4.78 is 13.0. The summed E-state index contributed by atoms with van der Waals surface area (Å²) in [5.74, 6) is 3.44. The number of aromatic nitrogens is 4. The molecule has 0 bridgehead atoms. The zero-order chi connectivity index (χ0) is 31.6. The number of piperidine rings is 1. The first-order valence-electron chi connectivity index (χ1n) is 15.9. The van der Waals surface area contributed by atoms with E-state index in [0.29, 0.717) is 29.9 Å². The first kappa shape index (κ1) is 29.7. The van der Waals surface area contributed by atoms with Gasteiger partial charge in [0.1, 0.15) is 22.8 Å². The van der Waals surface area contributed by atoms with E-state index in [-0.39, 0.29) is 11.8 Å². The monoisotopic (exact) mass is 617 g/mol. The highest BCUT2D eigenvalue weighted by Crippen LogP contribution is 2.40. The van der Waals surface area contributed by atoms with Crippen LogP contribution in [0.15, 0.2) is 73.1 Å². The van der Waals surface area contributed by atoms with Crippen molar-refractivity contribution in [3.63, 3.8) is 0 Å². The average Bonchev–Trinajstić information content (AvgIpc) is 3.88. The molecule has 236 valence electrons. The van der Waals surface area contributed by atoms with Crippen LogP contribution in [0.2, 0.25) is 0 Å². The fourth-order valence-corrected chi connectivity index (χ4v) is 6.24. The van der Waals surface area contributed by atoms with E-state index in [9.17, 15) is 4.79 Å². The van der Waals surface area contributed by atoms with Crippen molar-refractivity contribution in [3.8, 4) is 17.2 Å². The third-order valence-corrected chi connectivity index (χ3v) is 9.06. The van der Waals surface area contributed by atoms with Gasteiger partial charge in [-0.15, -0.1) is 0 Å². The zero-order valence-corrected chi connectivity index (χ0v) is 26.4. The Kier molecular flexibility index (Phi) is 8.28. The molecule has 0 unspecified atom stereocenters. The Balaban J connectivity index is 1.20. The van der Waals surface area contributed by atoms with Crippen molar-refractivity contribution in [2.75, 3.05) is 31.4 Å². The number of rotatable bonds is 10. The topological polar surface area (TPSA) is 115 Å². The first-order chi connectivity index (χ1) is 22.5. The number of nitrogens with zero attached hydrogens (tertiary/aromatic N) is 4. The second-order valence-corrected chi connectivity index (χ2v) is 12.2. The van der Waals surface area contributed by atoms with Crippen LogP contribution in [0.5, 0.6) is 11.5 Å². The molecule has 5 aromatic rings. The molecule has 2 aliphatic rings. The summed E-state index contributed by atoms with van der Waals surface area (Å²) in [6.45, 7) is 3.60. The largest absolute Gasteiger partial charge is 0.497 e. The van der Waals surface area contributed by atoms with E-state index in [1.165, 1.54) is 18.4 Å². The summed E-state index contributed by atoms with van der Waals surface area (Å²) in [5.41, 5.74) is 5.54. The molecule has 2 fully saturated rings. The highest BCUT2D eigenvalue weighted by Gasteiger charge is 2.27. The van der Waals surface area contributed by atoms with Crippen molar-refractivity contribution in [2.24, 2.45) is 0 Å². The Morgan fingerprint density at radius 1 is 0.935 bits per heavy atom. The van der Waals surface area contributed by atoms with E-state index in [2.05, 4.69) is 33.9 Å². The summed E-state index contributed by atoms with van der Waals surface area (Å²) in [6, 6.07) is 19.9. The lowest BCUT2D eigenvalue weighted by Crippen LogP contribution is -2.36. The molecule has 0 radical (unpaired) electrons. The van der Waals surface area contributed by atoms with Crippen LogP contribution in [0.4, 0.5) is 11.6 Å². The smallest absolute Gasteiger partial charge is 0.256 e. The summed E-state index contributed by atoms with van der Waals surface area (Å²) in [6.07, 6.45) is 8.14. The van der Waals surface area contributed by atoms with Crippen LogP contribution in [0.3, 0.4) is 0 Å². The molecule has 4 heterocycles. The number of ether oxygens (including phenoxy) is 2. The number of nitrogens with one attached hydrogen (secondary N) is 3. The van der Waals surface area contributed by atoms with Gasteiger partial charge < -0.3 is 25.4 Å². The Morgan fingerprint density at radius 2 is 1.74 bits per heavy atom. The first-order valence-corrected chi connectivity index (χ1v) is 15.9. The SMILES string of the molecule is COc1ccc(CNc2nccc3c([C@@H]4CC[C@H](C)NC4)nn(-c4ccc(C(=O)Nc5cc(C6CC6)ccn5)cc4)c23)c(OC)c1. The van der Waals surface area contributed by atoms with Crippen LogP contribution in [0.1, 0.15) is 71.6 Å². The lowest BCUT2D eigenvalue weighted by molar-refractivity contribution is 0.102. The number of carbonyl (C=O) groups is 1. The van der Waals surface area contributed by atoms with Gasteiger partial charge in [-0.3, -0.25) is 4.79 Å². The highest BCUT2D eigenvalue weighted by atomic mass is 16.5. The number of pyridine rings is 2. The van der Waals surface area contributed by atoms with Crippen LogP contribution < -0.4 is 25.4 Å². The molecule has 1 aliphatic carbocycles. The second kappa shape index (κ2) is 12.8. The van der Waals surface area contributed by atoms with Crippen molar-refractivity contribution < 1.29 is 14.3 Å². The number of carbonyl (C=O) groups excluding carboxylic acids is 1. The molecule has 46 heavy (non-hydrogen) atoms. The molecule has 2 atom stereocenters. The van der Waals surface area contributed by atoms with Crippen LogP contribution in [-0.4, -0.2) is 52.5 Å². The molecule has 10 nitrogen and oxygen atoms in total. The van der Waals surface area contributed by atoms with Gasteiger partial charge in [-0.1, -0.05) is 0 Å². The number of hydrogen-bond donors (Lipinski definition) is 3. The van der Waals surface area contributed by atoms with E-state index in [1.807, 2.05) is 65.5 Å². The van der Waals surface area contributed by atoms with E-state index >= 15 is 0 Å². The number of fused-ring (bicyclic) bond motifs is 1. The molecule has 1 amide bonds. The summed E-state index contributed by atoms with van der Waals surface area (Å²) in [7, 11) is 3.30. The predicted molar refractivity (Wildman–Crippen MR) is 179 cm³/mol. The fourth-order valence-electron chi connectivity index (χ4n) is 6.24. The van der Waals surface area contributed by atoms with Gasteiger partial charge in [-0.05, 0) is 98.7 Å². The molecule has 1 saturated heterocycles. The van der Waals surface area contributed by atoms with Gasteiger partial charge in [0.25, 0.3) is 5.91 Å². The molecular formula is C36H39N7O3.